The van der Waals surface area contributed by atoms with Crippen molar-refractivity contribution < 1.29 is 13.9 Å². The summed E-state index contributed by atoms with van der Waals surface area (Å²) in [4.78, 5) is 4.97. The molecule has 2 heterocycles. The predicted molar refractivity (Wildman–Crippen MR) is 144 cm³/mol. The van der Waals surface area contributed by atoms with Gasteiger partial charge < -0.3 is 9.47 Å². The molecule has 1 saturated heterocycles. The molecule has 192 valence electrons. The van der Waals surface area contributed by atoms with Crippen LogP contribution >= 0.6 is 0 Å². The maximum Gasteiger partial charge on any atom is 0.123 e. The van der Waals surface area contributed by atoms with Gasteiger partial charge in [-0.15, -0.1) is 0 Å². The molecule has 1 fully saturated rings. The van der Waals surface area contributed by atoms with Crippen LogP contribution in [0.3, 0.4) is 0 Å². The number of halogens is 1. The minimum atomic E-state index is -0.229. The van der Waals surface area contributed by atoms with Crippen molar-refractivity contribution in [3.05, 3.63) is 96.1 Å². The number of rotatable bonds is 9. The number of piperazine rings is 1. The Bertz CT molecular complexity index is 1270. The number of aromatic nitrogens is 2. The van der Waals surface area contributed by atoms with Crippen LogP contribution in [0.15, 0.2) is 79.1 Å². The lowest BCUT2D eigenvalue weighted by Gasteiger charge is -2.39. The standard InChI is InChI=1S/C30H33FN4O2/c1-36-16-15-34-11-13-35(14-12-34)30(27-20-32-33-21-27)26-17-25(18-29(19-26)37-2)24-5-3-22(4-6-24)23-7-9-28(31)10-8-23/h3-10,17-21,30H,11-16H2,1-2H3,(H,32,33). The highest BCUT2D eigenvalue weighted by molar-refractivity contribution is 5.72. The Kier molecular flexibility index (Phi) is 7.94. The summed E-state index contributed by atoms with van der Waals surface area (Å²) in [6, 6.07) is 21.5. The molecule has 3 aromatic carbocycles. The normalized spacial score (nSPS) is 15.5. The van der Waals surface area contributed by atoms with Crippen LogP contribution in [-0.2, 0) is 4.74 Å². The number of hydrogen-bond acceptors (Lipinski definition) is 5. The summed E-state index contributed by atoms with van der Waals surface area (Å²) in [7, 11) is 3.46. The second kappa shape index (κ2) is 11.7. The van der Waals surface area contributed by atoms with Crippen LogP contribution in [0.25, 0.3) is 22.3 Å². The monoisotopic (exact) mass is 500 g/mol. The lowest BCUT2D eigenvalue weighted by Crippen LogP contribution is -2.48. The molecule has 1 atom stereocenters. The molecule has 1 aliphatic rings. The van der Waals surface area contributed by atoms with Gasteiger partial charge in [-0.2, -0.15) is 5.10 Å². The quantitative estimate of drug-likeness (QED) is 0.340. The van der Waals surface area contributed by atoms with Gasteiger partial charge >= 0.3 is 0 Å². The highest BCUT2D eigenvalue weighted by atomic mass is 19.1. The van der Waals surface area contributed by atoms with E-state index in [9.17, 15) is 4.39 Å². The van der Waals surface area contributed by atoms with E-state index in [1.54, 1.807) is 26.4 Å². The molecule has 0 aliphatic carbocycles. The summed E-state index contributed by atoms with van der Waals surface area (Å²) in [5.74, 6) is 0.593. The zero-order valence-corrected chi connectivity index (χ0v) is 21.4. The van der Waals surface area contributed by atoms with E-state index < -0.39 is 0 Å². The van der Waals surface area contributed by atoms with E-state index in [2.05, 4.69) is 62.5 Å². The highest BCUT2D eigenvalue weighted by Gasteiger charge is 2.28. The minimum Gasteiger partial charge on any atom is -0.497 e. The first-order chi connectivity index (χ1) is 18.1. The second-order valence-corrected chi connectivity index (χ2v) is 9.38. The summed E-state index contributed by atoms with van der Waals surface area (Å²) in [5, 5.41) is 7.25. The van der Waals surface area contributed by atoms with E-state index in [1.807, 2.05) is 12.4 Å². The average molecular weight is 501 g/mol. The molecular formula is C30H33FN4O2. The first-order valence-electron chi connectivity index (χ1n) is 12.6. The van der Waals surface area contributed by atoms with E-state index in [1.165, 1.54) is 17.7 Å². The van der Waals surface area contributed by atoms with Gasteiger partial charge in [0.1, 0.15) is 11.6 Å². The largest absolute Gasteiger partial charge is 0.497 e. The minimum absolute atomic E-state index is 0.0654. The van der Waals surface area contributed by atoms with E-state index in [0.29, 0.717) is 0 Å². The molecule has 1 unspecified atom stereocenters. The third-order valence-corrected chi connectivity index (χ3v) is 7.09. The van der Waals surface area contributed by atoms with Gasteiger partial charge in [0.15, 0.2) is 0 Å². The van der Waals surface area contributed by atoms with Gasteiger partial charge in [0, 0.05) is 51.6 Å². The molecule has 1 aliphatic heterocycles. The fourth-order valence-corrected chi connectivity index (χ4v) is 5.05. The van der Waals surface area contributed by atoms with Crippen LogP contribution in [0.4, 0.5) is 4.39 Å². The number of nitrogens with one attached hydrogen (secondary N) is 1. The van der Waals surface area contributed by atoms with E-state index >= 15 is 0 Å². The number of ether oxygens (including phenoxy) is 2. The van der Waals surface area contributed by atoms with Crippen LogP contribution in [0.1, 0.15) is 17.2 Å². The van der Waals surface area contributed by atoms with Crippen LogP contribution in [0.5, 0.6) is 5.75 Å². The van der Waals surface area contributed by atoms with Crippen molar-refractivity contribution in [3.63, 3.8) is 0 Å². The van der Waals surface area contributed by atoms with Crippen molar-refractivity contribution >= 4 is 0 Å². The van der Waals surface area contributed by atoms with Crippen LogP contribution in [0, 0.1) is 5.82 Å². The molecule has 4 aromatic rings. The van der Waals surface area contributed by atoms with E-state index in [-0.39, 0.29) is 11.9 Å². The van der Waals surface area contributed by atoms with Gasteiger partial charge in [-0.1, -0.05) is 36.4 Å². The molecule has 0 radical (unpaired) electrons. The number of methoxy groups -OCH3 is 2. The predicted octanol–water partition coefficient (Wildman–Crippen LogP) is 5.24. The summed E-state index contributed by atoms with van der Waals surface area (Å²) >= 11 is 0. The lowest BCUT2D eigenvalue weighted by atomic mass is 9.93. The number of hydrogen-bond donors (Lipinski definition) is 1. The Morgan fingerprint density at radius 3 is 2.08 bits per heavy atom. The summed E-state index contributed by atoms with van der Waals surface area (Å²) in [6.45, 7) is 5.62. The first-order valence-corrected chi connectivity index (χ1v) is 12.6. The van der Waals surface area contributed by atoms with E-state index in [4.69, 9.17) is 9.47 Å². The van der Waals surface area contributed by atoms with Crippen LogP contribution < -0.4 is 4.74 Å². The molecule has 6 nitrogen and oxygen atoms in total. The summed E-state index contributed by atoms with van der Waals surface area (Å²) < 4.78 is 24.3. The topological polar surface area (TPSA) is 53.6 Å². The fraction of sp³-hybridized carbons (Fsp3) is 0.300. The van der Waals surface area contributed by atoms with Crippen molar-refractivity contribution in [2.45, 2.75) is 6.04 Å². The number of nitrogens with zero attached hydrogens (tertiary/aromatic N) is 3. The smallest absolute Gasteiger partial charge is 0.123 e. The molecule has 0 spiro atoms. The summed E-state index contributed by atoms with van der Waals surface area (Å²) in [5.41, 5.74) is 6.53. The van der Waals surface area contributed by atoms with Crippen LogP contribution in [-0.4, -0.2) is 73.5 Å². The zero-order valence-electron chi connectivity index (χ0n) is 21.4. The number of H-pyrrole nitrogens is 1. The number of aromatic amines is 1. The Morgan fingerprint density at radius 2 is 1.49 bits per heavy atom. The molecular weight excluding hydrogens is 467 g/mol. The Balaban J connectivity index is 1.44. The van der Waals surface area contributed by atoms with Crippen molar-refractivity contribution in [2.24, 2.45) is 0 Å². The first kappa shape index (κ1) is 25.1. The van der Waals surface area contributed by atoms with Gasteiger partial charge in [-0.25, -0.2) is 4.39 Å². The zero-order chi connectivity index (χ0) is 25.6. The SMILES string of the molecule is COCCN1CCN(C(c2cn[nH]c2)c2cc(OC)cc(-c3ccc(-c4ccc(F)cc4)cc3)c2)CC1. The van der Waals surface area contributed by atoms with Gasteiger partial charge in [0.25, 0.3) is 0 Å². The molecule has 7 heteroatoms. The molecule has 5 rings (SSSR count). The summed E-state index contributed by atoms with van der Waals surface area (Å²) in [6.07, 6.45) is 3.90. The molecule has 0 saturated carbocycles. The molecule has 1 N–H and O–H groups in total. The molecule has 0 amide bonds. The van der Waals surface area contributed by atoms with Crippen molar-refractivity contribution in [2.75, 3.05) is 53.6 Å². The Morgan fingerprint density at radius 1 is 0.838 bits per heavy atom. The van der Waals surface area contributed by atoms with Crippen molar-refractivity contribution in [1.29, 1.82) is 0 Å². The maximum atomic E-state index is 13.3. The Hall–Kier alpha value is -3.52. The third-order valence-electron chi connectivity index (χ3n) is 7.09. The number of benzene rings is 3. The van der Waals surface area contributed by atoms with Gasteiger partial charge in [-0.05, 0) is 58.1 Å². The third kappa shape index (κ3) is 5.91. The van der Waals surface area contributed by atoms with Crippen molar-refractivity contribution in [3.8, 4) is 28.0 Å². The molecule has 37 heavy (non-hydrogen) atoms. The maximum absolute atomic E-state index is 13.3. The Labute approximate surface area is 217 Å². The van der Waals surface area contributed by atoms with E-state index in [0.717, 1.165) is 72.9 Å². The molecule has 0 bridgehead atoms. The highest BCUT2D eigenvalue weighted by Crippen LogP contribution is 2.35. The fourth-order valence-electron chi connectivity index (χ4n) is 5.05. The second-order valence-electron chi connectivity index (χ2n) is 9.38. The lowest BCUT2D eigenvalue weighted by molar-refractivity contribution is 0.0831. The average Bonchev–Trinajstić information content (AvgIpc) is 3.47. The van der Waals surface area contributed by atoms with Crippen molar-refractivity contribution in [1.82, 2.24) is 20.0 Å². The van der Waals surface area contributed by atoms with Gasteiger partial charge in [0.05, 0.1) is 26.0 Å². The van der Waals surface area contributed by atoms with Gasteiger partial charge in [0.2, 0.25) is 0 Å². The van der Waals surface area contributed by atoms with Gasteiger partial charge in [-0.3, -0.25) is 14.9 Å². The van der Waals surface area contributed by atoms with Crippen LogP contribution in [0.2, 0.25) is 0 Å². The molecule has 1 aromatic heterocycles.